The molecule has 1 heterocycles. The van der Waals surface area contributed by atoms with Crippen LogP contribution in [0.4, 0.5) is 10.2 Å². The third-order valence-electron chi connectivity index (χ3n) is 4.30. The Balaban J connectivity index is 0.00000544. The fraction of sp³-hybridized carbons (Fsp3) is 0.455. The number of amides is 1. The zero-order chi connectivity index (χ0) is 23.7. The highest BCUT2D eigenvalue weighted by Gasteiger charge is 2.16. The summed E-state index contributed by atoms with van der Waals surface area (Å²) in [5.74, 6) is 0.241. The summed E-state index contributed by atoms with van der Waals surface area (Å²) in [6.07, 6.45) is 1.17. The van der Waals surface area contributed by atoms with Crippen LogP contribution in [0, 0.1) is 17.1 Å². The van der Waals surface area contributed by atoms with Gasteiger partial charge < -0.3 is 21.7 Å². The van der Waals surface area contributed by atoms with Gasteiger partial charge in [-0.05, 0) is 64.8 Å². The lowest BCUT2D eigenvalue weighted by atomic mass is 10.1. The zero-order valence-electron chi connectivity index (χ0n) is 19.4. The van der Waals surface area contributed by atoms with E-state index in [0.717, 1.165) is 0 Å². The lowest BCUT2D eigenvalue weighted by Gasteiger charge is -2.20. The molecule has 2 rings (SSSR count). The SMILES string of the molecule is CCNC(=NCC(=O)NC(C)(C)C)NCCCc1nn(-c2ccc(F)cc2)c(N)c1C#N.I. The number of halogens is 2. The van der Waals surface area contributed by atoms with Crippen molar-refractivity contribution in [1.29, 1.82) is 5.26 Å². The second-order valence-electron chi connectivity index (χ2n) is 8.23. The number of aryl methyl sites for hydroxylation is 1. The van der Waals surface area contributed by atoms with Crippen molar-refractivity contribution in [2.75, 3.05) is 25.4 Å². The molecule has 0 bridgehead atoms. The first-order valence-corrected chi connectivity index (χ1v) is 10.5. The monoisotopic (exact) mass is 570 g/mol. The predicted molar refractivity (Wildman–Crippen MR) is 138 cm³/mol. The van der Waals surface area contributed by atoms with E-state index in [1.807, 2.05) is 27.7 Å². The summed E-state index contributed by atoms with van der Waals surface area (Å²) in [6, 6.07) is 7.84. The van der Waals surface area contributed by atoms with E-state index in [0.29, 0.717) is 48.8 Å². The Morgan fingerprint density at radius 3 is 2.52 bits per heavy atom. The molecule has 1 aromatic carbocycles. The number of hydrogen-bond acceptors (Lipinski definition) is 5. The summed E-state index contributed by atoms with van der Waals surface area (Å²) in [4.78, 5) is 16.3. The van der Waals surface area contributed by atoms with Crippen molar-refractivity contribution in [3.8, 4) is 11.8 Å². The average Bonchev–Trinajstić information content (AvgIpc) is 3.03. The van der Waals surface area contributed by atoms with Crippen molar-refractivity contribution in [3.63, 3.8) is 0 Å². The van der Waals surface area contributed by atoms with Crippen molar-refractivity contribution < 1.29 is 9.18 Å². The van der Waals surface area contributed by atoms with Crippen LogP contribution in [-0.2, 0) is 11.2 Å². The number of nitriles is 1. The summed E-state index contributed by atoms with van der Waals surface area (Å²) >= 11 is 0. The highest BCUT2D eigenvalue weighted by atomic mass is 127. The molecule has 5 N–H and O–H groups in total. The van der Waals surface area contributed by atoms with Crippen LogP contribution in [0.25, 0.3) is 5.69 Å². The van der Waals surface area contributed by atoms with Crippen LogP contribution in [0.5, 0.6) is 0 Å². The minimum atomic E-state index is -0.361. The molecule has 0 spiro atoms. The maximum atomic E-state index is 13.2. The number of aromatic nitrogens is 2. The number of nitrogens with one attached hydrogen (secondary N) is 3. The molecule has 0 aliphatic heterocycles. The summed E-state index contributed by atoms with van der Waals surface area (Å²) in [6.45, 7) is 8.91. The first-order chi connectivity index (χ1) is 15.1. The normalized spacial score (nSPS) is 11.3. The molecule has 2 aromatic rings. The van der Waals surface area contributed by atoms with Gasteiger partial charge in [0.1, 0.15) is 29.8 Å². The van der Waals surface area contributed by atoms with Gasteiger partial charge in [0.05, 0.1) is 11.4 Å². The number of anilines is 1. The number of nitrogens with zero attached hydrogens (tertiary/aromatic N) is 4. The molecule has 33 heavy (non-hydrogen) atoms. The first kappa shape index (κ1) is 28.2. The van der Waals surface area contributed by atoms with Crippen LogP contribution >= 0.6 is 24.0 Å². The fourth-order valence-electron chi connectivity index (χ4n) is 2.97. The van der Waals surface area contributed by atoms with Crippen molar-refractivity contribution in [2.45, 2.75) is 46.1 Å². The lowest BCUT2D eigenvalue weighted by Crippen LogP contribution is -2.43. The van der Waals surface area contributed by atoms with Crippen LogP contribution in [0.1, 0.15) is 45.4 Å². The Morgan fingerprint density at radius 1 is 1.27 bits per heavy atom. The Bertz CT molecular complexity index is 990. The number of aliphatic imine (C=N–C) groups is 1. The zero-order valence-corrected chi connectivity index (χ0v) is 21.7. The van der Waals surface area contributed by atoms with E-state index in [2.05, 4.69) is 32.1 Å². The molecular formula is C22H32FIN8O. The van der Waals surface area contributed by atoms with Gasteiger partial charge in [-0.3, -0.25) is 4.79 Å². The van der Waals surface area contributed by atoms with Gasteiger partial charge in [-0.1, -0.05) is 0 Å². The van der Waals surface area contributed by atoms with E-state index >= 15 is 0 Å². The van der Waals surface area contributed by atoms with Crippen molar-refractivity contribution in [1.82, 2.24) is 25.7 Å². The van der Waals surface area contributed by atoms with E-state index in [4.69, 9.17) is 5.73 Å². The maximum Gasteiger partial charge on any atom is 0.242 e. The predicted octanol–water partition coefficient (Wildman–Crippen LogP) is 2.49. The Hall–Kier alpha value is -2.88. The number of nitrogens with two attached hydrogens (primary N) is 1. The molecule has 0 aliphatic rings. The number of guanidine groups is 1. The first-order valence-electron chi connectivity index (χ1n) is 10.5. The molecule has 0 aliphatic carbocycles. The summed E-state index contributed by atoms with van der Waals surface area (Å²) in [7, 11) is 0. The van der Waals surface area contributed by atoms with Crippen molar-refractivity contribution >= 4 is 41.7 Å². The van der Waals surface area contributed by atoms with E-state index < -0.39 is 0 Å². The lowest BCUT2D eigenvalue weighted by molar-refractivity contribution is -0.121. The Morgan fingerprint density at radius 2 is 1.94 bits per heavy atom. The van der Waals surface area contributed by atoms with E-state index in [9.17, 15) is 14.4 Å². The molecule has 0 fully saturated rings. The van der Waals surface area contributed by atoms with E-state index in [1.165, 1.54) is 16.8 Å². The molecule has 0 atom stereocenters. The van der Waals surface area contributed by atoms with E-state index in [1.54, 1.807) is 12.1 Å². The summed E-state index contributed by atoms with van der Waals surface area (Å²) < 4.78 is 14.6. The van der Waals surface area contributed by atoms with Gasteiger partial charge in [-0.15, -0.1) is 24.0 Å². The molecule has 1 aromatic heterocycles. The number of carbonyl (C=O) groups excluding carboxylic acids is 1. The highest BCUT2D eigenvalue weighted by molar-refractivity contribution is 14.0. The molecule has 9 nitrogen and oxygen atoms in total. The van der Waals surface area contributed by atoms with Crippen LogP contribution in [-0.4, -0.2) is 46.8 Å². The third-order valence-corrected chi connectivity index (χ3v) is 4.30. The standard InChI is InChI=1S/C22H31FN8O.HI/c1-5-26-21(28-14-19(32)29-22(2,3)4)27-12-6-7-18-17(13-24)20(25)31(30-18)16-10-8-15(23)9-11-16;/h8-11H,5-7,12,14,25H2,1-4H3,(H,29,32)(H2,26,27,28);1H. The van der Waals surface area contributed by atoms with Gasteiger partial charge in [-0.25, -0.2) is 14.1 Å². The third kappa shape index (κ3) is 8.88. The van der Waals surface area contributed by atoms with Crippen LogP contribution in [0.2, 0.25) is 0 Å². The van der Waals surface area contributed by atoms with Crippen molar-refractivity contribution in [2.24, 2.45) is 4.99 Å². The fourth-order valence-corrected chi connectivity index (χ4v) is 2.97. The van der Waals surface area contributed by atoms with Crippen LogP contribution in [0.3, 0.4) is 0 Å². The molecule has 0 unspecified atom stereocenters. The molecular weight excluding hydrogens is 538 g/mol. The summed E-state index contributed by atoms with van der Waals surface area (Å²) in [5.41, 5.74) is 7.25. The maximum absolute atomic E-state index is 13.2. The number of rotatable bonds is 8. The number of nitrogen functional groups attached to an aromatic ring is 1. The molecule has 0 radical (unpaired) electrons. The highest BCUT2D eigenvalue weighted by Crippen LogP contribution is 2.21. The van der Waals surface area contributed by atoms with Gasteiger partial charge in [0.25, 0.3) is 0 Å². The molecule has 1 amide bonds. The number of hydrogen-bond donors (Lipinski definition) is 4. The quantitative estimate of drug-likeness (QED) is 0.167. The van der Waals surface area contributed by atoms with Gasteiger partial charge >= 0.3 is 0 Å². The minimum absolute atomic E-state index is 0. The van der Waals surface area contributed by atoms with Crippen molar-refractivity contribution in [3.05, 3.63) is 41.3 Å². The molecule has 11 heteroatoms. The van der Waals surface area contributed by atoms with Gasteiger partial charge in [0.2, 0.25) is 5.91 Å². The second kappa shape index (κ2) is 13.0. The Labute approximate surface area is 211 Å². The summed E-state index contributed by atoms with van der Waals surface area (Å²) in [5, 5.41) is 23.1. The second-order valence-corrected chi connectivity index (χ2v) is 8.23. The Kier molecular flexibility index (Phi) is 11.1. The largest absolute Gasteiger partial charge is 0.382 e. The number of carbonyl (C=O) groups is 1. The topological polar surface area (TPSA) is 133 Å². The average molecular weight is 570 g/mol. The van der Waals surface area contributed by atoms with Gasteiger partial charge in [0.15, 0.2) is 5.96 Å². The minimum Gasteiger partial charge on any atom is -0.382 e. The molecule has 0 saturated heterocycles. The number of benzene rings is 1. The van der Waals surface area contributed by atoms with Crippen LogP contribution < -0.4 is 21.7 Å². The molecule has 180 valence electrons. The molecule has 0 saturated carbocycles. The van der Waals surface area contributed by atoms with Crippen LogP contribution in [0.15, 0.2) is 29.3 Å². The van der Waals surface area contributed by atoms with Gasteiger partial charge in [0, 0.05) is 18.6 Å². The van der Waals surface area contributed by atoms with Gasteiger partial charge in [-0.2, -0.15) is 10.4 Å². The van der Waals surface area contributed by atoms with E-state index in [-0.39, 0.29) is 53.6 Å². The smallest absolute Gasteiger partial charge is 0.242 e.